The SMILES string of the molecule is CC(O)CCNC(=O)NC1CC1c1ccccc1. The van der Waals surface area contributed by atoms with E-state index in [1.807, 2.05) is 18.2 Å². The molecule has 2 amide bonds. The lowest BCUT2D eigenvalue weighted by atomic mass is 10.1. The highest BCUT2D eigenvalue weighted by molar-refractivity contribution is 5.74. The summed E-state index contributed by atoms with van der Waals surface area (Å²) in [5.41, 5.74) is 1.28. The van der Waals surface area contributed by atoms with Crippen LogP contribution in [0.1, 0.15) is 31.2 Å². The predicted molar refractivity (Wildman–Crippen MR) is 70.4 cm³/mol. The molecule has 4 nitrogen and oxygen atoms in total. The molecular formula is C14H20N2O2. The predicted octanol–water partition coefficient (Wildman–Crippen LogP) is 1.61. The first-order chi connectivity index (χ1) is 8.66. The number of nitrogens with one attached hydrogen (secondary N) is 2. The molecule has 0 aliphatic heterocycles. The van der Waals surface area contributed by atoms with Crippen molar-refractivity contribution in [1.29, 1.82) is 0 Å². The van der Waals surface area contributed by atoms with Crippen molar-refractivity contribution in [2.75, 3.05) is 6.54 Å². The van der Waals surface area contributed by atoms with Crippen LogP contribution in [-0.4, -0.2) is 29.8 Å². The van der Waals surface area contributed by atoms with Crippen LogP contribution in [0.5, 0.6) is 0 Å². The summed E-state index contributed by atoms with van der Waals surface area (Å²) >= 11 is 0. The zero-order valence-electron chi connectivity index (χ0n) is 10.6. The van der Waals surface area contributed by atoms with Gasteiger partial charge in [-0.1, -0.05) is 30.3 Å². The van der Waals surface area contributed by atoms with Crippen LogP contribution in [0.4, 0.5) is 4.79 Å². The molecule has 0 radical (unpaired) electrons. The molecule has 0 heterocycles. The molecule has 0 bridgehead atoms. The average Bonchev–Trinajstić information content (AvgIpc) is 3.09. The smallest absolute Gasteiger partial charge is 0.315 e. The monoisotopic (exact) mass is 248 g/mol. The van der Waals surface area contributed by atoms with Crippen LogP contribution in [0.25, 0.3) is 0 Å². The Hall–Kier alpha value is -1.55. The van der Waals surface area contributed by atoms with Crippen LogP contribution in [0.15, 0.2) is 30.3 Å². The second-order valence-corrected chi connectivity index (χ2v) is 4.90. The molecule has 98 valence electrons. The summed E-state index contributed by atoms with van der Waals surface area (Å²) in [5.74, 6) is 0.453. The lowest BCUT2D eigenvalue weighted by Crippen LogP contribution is -2.38. The largest absolute Gasteiger partial charge is 0.393 e. The van der Waals surface area contributed by atoms with Gasteiger partial charge in [-0.05, 0) is 25.3 Å². The third kappa shape index (κ3) is 3.74. The van der Waals surface area contributed by atoms with Gasteiger partial charge >= 0.3 is 6.03 Å². The summed E-state index contributed by atoms with van der Waals surface area (Å²) in [4.78, 5) is 11.5. The summed E-state index contributed by atoms with van der Waals surface area (Å²) in [6.45, 7) is 2.22. The van der Waals surface area contributed by atoms with Gasteiger partial charge in [0.1, 0.15) is 0 Å². The molecule has 1 aromatic carbocycles. The van der Waals surface area contributed by atoms with Crippen molar-refractivity contribution in [2.45, 2.75) is 37.8 Å². The summed E-state index contributed by atoms with van der Waals surface area (Å²) in [7, 11) is 0. The number of benzene rings is 1. The molecule has 0 aromatic heterocycles. The van der Waals surface area contributed by atoms with Crippen molar-refractivity contribution < 1.29 is 9.90 Å². The van der Waals surface area contributed by atoms with Gasteiger partial charge < -0.3 is 15.7 Å². The van der Waals surface area contributed by atoms with Crippen molar-refractivity contribution in [3.8, 4) is 0 Å². The number of hydrogen-bond donors (Lipinski definition) is 3. The molecule has 3 N–H and O–H groups in total. The van der Waals surface area contributed by atoms with Gasteiger partial charge in [0.25, 0.3) is 0 Å². The highest BCUT2D eigenvalue weighted by Gasteiger charge is 2.39. The zero-order chi connectivity index (χ0) is 13.0. The van der Waals surface area contributed by atoms with Gasteiger partial charge in [-0.15, -0.1) is 0 Å². The number of carbonyl (C=O) groups is 1. The minimum Gasteiger partial charge on any atom is -0.393 e. The third-order valence-corrected chi connectivity index (χ3v) is 3.18. The van der Waals surface area contributed by atoms with Crippen molar-refractivity contribution in [2.24, 2.45) is 0 Å². The summed E-state index contributed by atoms with van der Waals surface area (Å²) < 4.78 is 0. The van der Waals surface area contributed by atoms with Gasteiger partial charge in [0.15, 0.2) is 0 Å². The molecule has 1 saturated carbocycles. The molecule has 1 aromatic rings. The minimum absolute atomic E-state index is 0.140. The molecule has 2 rings (SSSR count). The van der Waals surface area contributed by atoms with Gasteiger partial charge in [-0.3, -0.25) is 0 Å². The Labute approximate surface area is 107 Å². The standard InChI is InChI=1S/C14H20N2O2/c1-10(17)7-8-15-14(18)16-13-9-12(13)11-5-3-2-4-6-11/h2-6,10,12-13,17H,7-9H2,1H3,(H2,15,16,18). The Balaban J connectivity index is 1.68. The van der Waals surface area contributed by atoms with Crippen LogP contribution in [0.2, 0.25) is 0 Å². The second-order valence-electron chi connectivity index (χ2n) is 4.90. The molecule has 1 fully saturated rings. The van der Waals surface area contributed by atoms with Crippen molar-refractivity contribution >= 4 is 6.03 Å². The fraction of sp³-hybridized carbons (Fsp3) is 0.500. The Morgan fingerprint density at radius 3 is 2.83 bits per heavy atom. The molecular weight excluding hydrogens is 228 g/mol. The first kappa shape index (κ1) is 12.9. The van der Waals surface area contributed by atoms with E-state index < -0.39 is 0 Å². The molecule has 18 heavy (non-hydrogen) atoms. The summed E-state index contributed by atoms with van der Waals surface area (Å²) in [5, 5.41) is 14.8. The average molecular weight is 248 g/mol. The Morgan fingerprint density at radius 2 is 2.17 bits per heavy atom. The van der Waals surface area contributed by atoms with Crippen LogP contribution in [0, 0.1) is 0 Å². The second kappa shape index (κ2) is 5.87. The molecule has 1 aliphatic carbocycles. The van der Waals surface area contributed by atoms with Gasteiger partial charge in [0, 0.05) is 18.5 Å². The maximum atomic E-state index is 11.5. The van der Waals surface area contributed by atoms with Crippen LogP contribution >= 0.6 is 0 Å². The molecule has 4 heteroatoms. The zero-order valence-corrected chi connectivity index (χ0v) is 10.6. The van der Waals surface area contributed by atoms with E-state index in [1.54, 1.807) is 6.92 Å². The number of aliphatic hydroxyl groups excluding tert-OH is 1. The van der Waals surface area contributed by atoms with E-state index in [9.17, 15) is 4.79 Å². The topological polar surface area (TPSA) is 61.4 Å². The lowest BCUT2D eigenvalue weighted by Gasteiger charge is -2.08. The van der Waals surface area contributed by atoms with Gasteiger partial charge in [-0.2, -0.15) is 0 Å². The Kier molecular flexibility index (Phi) is 4.20. The number of amides is 2. The first-order valence-electron chi connectivity index (χ1n) is 6.44. The van der Waals surface area contributed by atoms with Crippen LogP contribution in [0.3, 0.4) is 0 Å². The number of carbonyl (C=O) groups excluding carboxylic acids is 1. The quantitative estimate of drug-likeness (QED) is 0.741. The minimum atomic E-state index is -0.372. The molecule has 0 saturated heterocycles. The van der Waals surface area contributed by atoms with E-state index in [1.165, 1.54) is 5.56 Å². The van der Waals surface area contributed by atoms with Crippen LogP contribution in [-0.2, 0) is 0 Å². The molecule has 1 aliphatic rings. The Morgan fingerprint density at radius 1 is 1.44 bits per heavy atom. The lowest BCUT2D eigenvalue weighted by molar-refractivity contribution is 0.183. The van der Waals surface area contributed by atoms with Crippen LogP contribution < -0.4 is 10.6 Å². The number of aliphatic hydroxyl groups is 1. The van der Waals surface area contributed by atoms with E-state index >= 15 is 0 Å². The normalized spacial score (nSPS) is 23.2. The number of rotatable bonds is 5. The maximum absolute atomic E-state index is 11.5. The van der Waals surface area contributed by atoms with Gasteiger partial charge in [0.2, 0.25) is 0 Å². The van der Waals surface area contributed by atoms with E-state index in [2.05, 4.69) is 22.8 Å². The fourth-order valence-corrected chi connectivity index (χ4v) is 2.04. The fourth-order valence-electron chi connectivity index (χ4n) is 2.04. The molecule has 3 unspecified atom stereocenters. The molecule has 3 atom stereocenters. The van der Waals surface area contributed by atoms with E-state index in [0.29, 0.717) is 18.9 Å². The Bertz CT molecular complexity index is 392. The summed E-state index contributed by atoms with van der Waals surface area (Å²) in [6.07, 6.45) is 1.22. The highest BCUT2D eigenvalue weighted by atomic mass is 16.3. The summed E-state index contributed by atoms with van der Waals surface area (Å²) in [6, 6.07) is 10.3. The van der Waals surface area contributed by atoms with E-state index in [0.717, 1.165) is 6.42 Å². The third-order valence-electron chi connectivity index (χ3n) is 3.18. The first-order valence-corrected chi connectivity index (χ1v) is 6.44. The number of urea groups is 1. The van der Waals surface area contributed by atoms with E-state index in [4.69, 9.17) is 5.11 Å². The number of hydrogen-bond acceptors (Lipinski definition) is 2. The highest BCUT2D eigenvalue weighted by Crippen LogP contribution is 2.40. The van der Waals surface area contributed by atoms with Gasteiger partial charge in [0.05, 0.1) is 6.10 Å². The molecule has 0 spiro atoms. The van der Waals surface area contributed by atoms with Crippen molar-refractivity contribution in [3.05, 3.63) is 35.9 Å². The maximum Gasteiger partial charge on any atom is 0.315 e. The van der Waals surface area contributed by atoms with Crippen molar-refractivity contribution in [1.82, 2.24) is 10.6 Å². The van der Waals surface area contributed by atoms with E-state index in [-0.39, 0.29) is 18.2 Å². The van der Waals surface area contributed by atoms with Crippen molar-refractivity contribution in [3.63, 3.8) is 0 Å². The van der Waals surface area contributed by atoms with Gasteiger partial charge in [-0.25, -0.2) is 4.79 Å².